The number of rotatable bonds is 5. The number of hydrogen-bond acceptors (Lipinski definition) is 3. The van der Waals surface area contributed by atoms with Crippen molar-refractivity contribution in [2.24, 2.45) is 5.92 Å². The van der Waals surface area contributed by atoms with Crippen LogP contribution in [0.3, 0.4) is 0 Å². The van der Waals surface area contributed by atoms with Gasteiger partial charge in [0.25, 0.3) is 0 Å². The molecule has 0 heterocycles. The molecule has 0 aromatic rings. The zero-order valence-corrected chi connectivity index (χ0v) is 8.27. The highest BCUT2D eigenvalue weighted by molar-refractivity contribution is 7.46. The summed E-state index contributed by atoms with van der Waals surface area (Å²) < 4.78 is 14.4. The SMILES string of the molecule is CC(C)CC(OP(=O)(O)O)C(=O)O. The molecule has 13 heavy (non-hydrogen) atoms. The van der Waals surface area contributed by atoms with Crippen molar-refractivity contribution >= 4 is 13.8 Å². The van der Waals surface area contributed by atoms with Gasteiger partial charge in [-0.05, 0) is 12.3 Å². The quantitative estimate of drug-likeness (QED) is 0.576. The second kappa shape index (κ2) is 4.72. The Morgan fingerprint density at radius 1 is 1.46 bits per heavy atom. The molecule has 0 aromatic heterocycles. The van der Waals surface area contributed by atoms with Crippen molar-refractivity contribution in [3.05, 3.63) is 0 Å². The van der Waals surface area contributed by atoms with E-state index < -0.39 is 19.9 Å². The molecule has 0 aliphatic heterocycles. The predicted octanol–water partition coefficient (Wildman–Crippen LogP) is 0.595. The van der Waals surface area contributed by atoms with Gasteiger partial charge in [-0.15, -0.1) is 0 Å². The highest BCUT2D eigenvalue weighted by atomic mass is 31.2. The molecule has 0 rings (SSSR count). The van der Waals surface area contributed by atoms with Gasteiger partial charge < -0.3 is 14.9 Å². The van der Waals surface area contributed by atoms with Gasteiger partial charge in [-0.25, -0.2) is 9.36 Å². The molecule has 0 radical (unpaired) electrons. The Bertz CT molecular complexity index is 219. The fourth-order valence-electron chi connectivity index (χ4n) is 0.783. The lowest BCUT2D eigenvalue weighted by Gasteiger charge is -2.15. The van der Waals surface area contributed by atoms with Gasteiger partial charge in [0, 0.05) is 0 Å². The van der Waals surface area contributed by atoms with E-state index in [4.69, 9.17) is 14.9 Å². The summed E-state index contributed by atoms with van der Waals surface area (Å²) in [5.41, 5.74) is 0. The highest BCUT2D eigenvalue weighted by Gasteiger charge is 2.28. The molecule has 1 unspecified atom stereocenters. The van der Waals surface area contributed by atoms with Crippen molar-refractivity contribution < 1.29 is 28.8 Å². The van der Waals surface area contributed by atoms with Crippen LogP contribution >= 0.6 is 7.82 Å². The van der Waals surface area contributed by atoms with Gasteiger partial charge >= 0.3 is 13.8 Å². The van der Waals surface area contributed by atoms with Gasteiger partial charge in [0.05, 0.1) is 0 Å². The lowest BCUT2D eigenvalue weighted by molar-refractivity contribution is -0.146. The van der Waals surface area contributed by atoms with Crippen LogP contribution in [-0.2, 0) is 13.9 Å². The maximum absolute atomic E-state index is 10.4. The third-order valence-electron chi connectivity index (χ3n) is 1.23. The van der Waals surface area contributed by atoms with Crippen molar-refractivity contribution in [1.82, 2.24) is 0 Å². The molecule has 0 saturated heterocycles. The average Bonchev–Trinajstić information content (AvgIpc) is 1.81. The monoisotopic (exact) mass is 212 g/mol. The first-order chi connectivity index (χ1) is 5.72. The van der Waals surface area contributed by atoms with Crippen LogP contribution < -0.4 is 0 Å². The zero-order valence-electron chi connectivity index (χ0n) is 7.38. The molecule has 7 heteroatoms. The Labute approximate surface area is 75.8 Å². The molecule has 6 nitrogen and oxygen atoms in total. The Balaban J connectivity index is 4.28. The van der Waals surface area contributed by atoms with Gasteiger partial charge in [-0.3, -0.25) is 4.52 Å². The van der Waals surface area contributed by atoms with Gasteiger partial charge in [0.1, 0.15) is 0 Å². The molecule has 0 spiro atoms. The van der Waals surface area contributed by atoms with Crippen LogP contribution in [0.25, 0.3) is 0 Å². The Morgan fingerprint density at radius 3 is 2.15 bits per heavy atom. The first-order valence-corrected chi connectivity index (χ1v) is 5.22. The molecule has 3 N–H and O–H groups in total. The topological polar surface area (TPSA) is 104 Å². The number of aliphatic carboxylic acids is 1. The average molecular weight is 212 g/mol. The van der Waals surface area contributed by atoms with E-state index in [2.05, 4.69) is 4.52 Å². The van der Waals surface area contributed by atoms with E-state index in [0.717, 1.165) is 0 Å². The normalized spacial score (nSPS) is 14.5. The Morgan fingerprint density at radius 2 is 1.92 bits per heavy atom. The number of hydrogen-bond donors (Lipinski definition) is 3. The molecule has 0 amide bonds. The second-order valence-electron chi connectivity index (χ2n) is 3.05. The van der Waals surface area contributed by atoms with Crippen molar-refractivity contribution in [3.8, 4) is 0 Å². The van der Waals surface area contributed by atoms with E-state index in [1.807, 2.05) is 0 Å². The number of carboxylic acids is 1. The summed E-state index contributed by atoms with van der Waals surface area (Å²) in [6, 6.07) is 0. The van der Waals surface area contributed by atoms with Gasteiger partial charge in [0.15, 0.2) is 6.10 Å². The van der Waals surface area contributed by atoms with Crippen LogP contribution in [0, 0.1) is 5.92 Å². The van der Waals surface area contributed by atoms with E-state index in [9.17, 15) is 9.36 Å². The van der Waals surface area contributed by atoms with Gasteiger partial charge in [0.2, 0.25) is 0 Å². The maximum atomic E-state index is 10.4. The summed E-state index contributed by atoms with van der Waals surface area (Å²) in [7, 11) is -4.71. The van der Waals surface area contributed by atoms with Crippen LogP contribution in [0.15, 0.2) is 0 Å². The molecule has 0 aliphatic rings. The lowest BCUT2D eigenvalue weighted by Crippen LogP contribution is -2.24. The summed E-state index contributed by atoms with van der Waals surface area (Å²) in [6.07, 6.45) is -1.37. The number of phosphoric acid groups is 1. The number of carbonyl (C=O) groups is 1. The first-order valence-electron chi connectivity index (χ1n) is 3.69. The molecule has 0 aromatic carbocycles. The summed E-state index contributed by atoms with van der Waals surface area (Å²) in [4.78, 5) is 27.2. The predicted molar refractivity (Wildman–Crippen MR) is 44.0 cm³/mol. The van der Waals surface area contributed by atoms with Crippen LogP contribution in [0.2, 0.25) is 0 Å². The smallest absolute Gasteiger partial charge is 0.470 e. The Kier molecular flexibility index (Phi) is 4.56. The van der Waals surface area contributed by atoms with Crippen molar-refractivity contribution in [2.75, 3.05) is 0 Å². The molecular weight excluding hydrogens is 199 g/mol. The lowest BCUT2D eigenvalue weighted by atomic mass is 10.1. The van der Waals surface area contributed by atoms with Crippen molar-refractivity contribution in [1.29, 1.82) is 0 Å². The van der Waals surface area contributed by atoms with E-state index >= 15 is 0 Å². The van der Waals surface area contributed by atoms with E-state index in [1.165, 1.54) is 0 Å². The fourth-order valence-corrected chi connectivity index (χ4v) is 1.29. The van der Waals surface area contributed by atoms with Gasteiger partial charge in [-0.1, -0.05) is 13.8 Å². The van der Waals surface area contributed by atoms with Crippen molar-refractivity contribution in [2.45, 2.75) is 26.4 Å². The van der Waals surface area contributed by atoms with Crippen LogP contribution in [0.1, 0.15) is 20.3 Å². The van der Waals surface area contributed by atoms with Crippen LogP contribution in [0.4, 0.5) is 0 Å². The van der Waals surface area contributed by atoms with E-state index in [0.29, 0.717) is 0 Å². The van der Waals surface area contributed by atoms with Crippen LogP contribution in [0.5, 0.6) is 0 Å². The summed E-state index contributed by atoms with van der Waals surface area (Å²) in [5, 5.41) is 8.52. The van der Waals surface area contributed by atoms with Crippen molar-refractivity contribution in [3.63, 3.8) is 0 Å². The van der Waals surface area contributed by atoms with Crippen LogP contribution in [-0.4, -0.2) is 27.0 Å². The molecule has 0 fully saturated rings. The van der Waals surface area contributed by atoms with Gasteiger partial charge in [-0.2, -0.15) is 0 Å². The first kappa shape index (κ1) is 12.6. The summed E-state index contributed by atoms with van der Waals surface area (Å²) in [5.74, 6) is -1.37. The third kappa shape index (κ3) is 6.72. The fraction of sp³-hybridized carbons (Fsp3) is 0.833. The minimum absolute atomic E-state index is 0.00681. The molecule has 0 bridgehead atoms. The summed E-state index contributed by atoms with van der Waals surface area (Å²) >= 11 is 0. The maximum Gasteiger partial charge on any atom is 0.470 e. The standard InChI is InChI=1S/C6H13O6P/c1-4(2)3-5(6(7)8)12-13(9,10)11/h4-5H,3H2,1-2H3,(H,7,8)(H2,9,10,11). The molecule has 1 atom stereocenters. The highest BCUT2D eigenvalue weighted by Crippen LogP contribution is 2.38. The number of phosphoric ester groups is 1. The number of carboxylic acid groups (broad SMARTS) is 1. The molecule has 78 valence electrons. The zero-order chi connectivity index (χ0) is 10.6. The molecule has 0 aliphatic carbocycles. The van der Waals surface area contributed by atoms with E-state index in [-0.39, 0.29) is 12.3 Å². The van der Waals surface area contributed by atoms with E-state index in [1.54, 1.807) is 13.8 Å². The Hall–Kier alpha value is -0.420. The third-order valence-corrected chi connectivity index (χ3v) is 1.75. The molecule has 0 saturated carbocycles. The largest absolute Gasteiger partial charge is 0.479 e. The summed E-state index contributed by atoms with van der Waals surface area (Å²) in [6.45, 7) is 3.47. The minimum Gasteiger partial charge on any atom is -0.479 e. The molecular formula is C6H13O6P. The second-order valence-corrected chi connectivity index (χ2v) is 4.24. The minimum atomic E-state index is -4.71.